The van der Waals surface area contributed by atoms with Crippen LogP contribution in [-0.2, 0) is 0 Å². The van der Waals surface area contributed by atoms with Crippen LogP contribution in [-0.4, -0.2) is 35.6 Å². The first kappa shape index (κ1) is 17.2. The zero-order chi connectivity index (χ0) is 17.6. The maximum atomic E-state index is 12.1. The summed E-state index contributed by atoms with van der Waals surface area (Å²) in [6.45, 7) is 6.70. The van der Waals surface area contributed by atoms with E-state index in [2.05, 4.69) is 32.4 Å². The second-order valence-corrected chi connectivity index (χ2v) is 6.63. The van der Waals surface area contributed by atoms with Crippen molar-refractivity contribution in [1.29, 1.82) is 0 Å². The summed E-state index contributed by atoms with van der Waals surface area (Å²) in [7, 11) is 0. The third kappa shape index (κ3) is 4.68. The number of hydrogen-bond donors (Lipinski definition) is 2. The van der Waals surface area contributed by atoms with Gasteiger partial charge in [0.25, 0.3) is 0 Å². The van der Waals surface area contributed by atoms with E-state index in [1.54, 1.807) is 18.6 Å². The molecule has 2 aromatic rings. The number of aryl methyl sites for hydroxylation is 2. The number of carbonyl (C=O) groups excluding carboxylic acids is 1. The summed E-state index contributed by atoms with van der Waals surface area (Å²) in [5.74, 6) is 1.43. The van der Waals surface area contributed by atoms with Crippen molar-refractivity contribution in [3.8, 4) is 0 Å². The average molecular weight is 339 g/mol. The van der Waals surface area contributed by atoms with E-state index >= 15 is 0 Å². The number of anilines is 2. The lowest BCUT2D eigenvalue weighted by Crippen LogP contribution is -2.40. The predicted molar refractivity (Wildman–Crippen MR) is 99.9 cm³/mol. The van der Waals surface area contributed by atoms with Crippen LogP contribution in [0.5, 0.6) is 0 Å². The second kappa shape index (κ2) is 7.96. The van der Waals surface area contributed by atoms with E-state index in [0.717, 1.165) is 37.4 Å². The van der Waals surface area contributed by atoms with Crippen LogP contribution in [0.4, 0.5) is 16.3 Å². The molecule has 0 bridgehead atoms. The number of hydrogen-bond acceptors (Lipinski definition) is 4. The number of rotatable bonds is 4. The molecule has 1 saturated heterocycles. The number of nitrogens with one attached hydrogen (secondary N) is 2. The molecule has 6 nitrogen and oxygen atoms in total. The fourth-order valence-electron chi connectivity index (χ4n) is 3.05. The maximum absolute atomic E-state index is 12.1. The molecule has 6 heteroatoms. The molecule has 1 aliphatic heterocycles. The lowest BCUT2D eigenvalue weighted by atomic mass is 9.97. The Hall–Kier alpha value is -2.63. The van der Waals surface area contributed by atoms with Crippen LogP contribution < -0.4 is 15.5 Å². The minimum atomic E-state index is -0.139. The first-order valence-corrected chi connectivity index (χ1v) is 8.75. The fourth-order valence-corrected chi connectivity index (χ4v) is 3.05. The standard InChI is InChI=1S/C19H25N5O/c1-14-3-4-17(11-15(14)2)23-19(25)22-12-16-5-9-24(10-6-16)18-13-20-7-8-21-18/h3-4,7-8,11,13,16H,5-6,9-10,12H2,1-2H3,(H2,22,23,25). The van der Waals surface area contributed by atoms with Crippen LogP contribution in [0.2, 0.25) is 0 Å². The van der Waals surface area contributed by atoms with Crippen molar-refractivity contribution in [3.05, 3.63) is 47.9 Å². The van der Waals surface area contributed by atoms with E-state index < -0.39 is 0 Å². The van der Waals surface area contributed by atoms with Gasteiger partial charge in [-0.25, -0.2) is 9.78 Å². The van der Waals surface area contributed by atoms with Crippen LogP contribution in [0, 0.1) is 19.8 Å². The smallest absolute Gasteiger partial charge is 0.319 e. The Bertz CT molecular complexity index is 711. The number of aromatic nitrogens is 2. The van der Waals surface area contributed by atoms with Gasteiger partial charge >= 0.3 is 6.03 Å². The Morgan fingerprint density at radius 3 is 2.68 bits per heavy atom. The number of benzene rings is 1. The molecule has 0 radical (unpaired) electrons. The van der Waals surface area contributed by atoms with E-state index in [0.29, 0.717) is 12.5 Å². The summed E-state index contributed by atoms with van der Waals surface area (Å²) in [6, 6.07) is 5.81. The van der Waals surface area contributed by atoms with Gasteiger partial charge in [0, 0.05) is 37.7 Å². The van der Waals surface area contributed by atoms with E-state index in [9.17, 15) is 4.79 Å². The van der Waals surface area contributed by atoms with Crippen LogP contribution in [0.3, 0.4) is 0 Å². The van der Waals surface area contributed by atoms with E-state index in [-0.39, 0.29) is 6.03 Å². The highest BCUT2D eigenvalue weighted by atomic mass is 16.2. The maximum Gasteiger partial charge on any atom is 0.319 e. The summed E-state index contributed by atoms with van der Waals surface area (Å²) in [4.78, 5) is 22.8. The highest BCUT2D eigenvalue weighted by Crippen LogP contribution is 2.20. The quantitative estimate of drug-likeness (QED) is 0.898. The summed E-state index contributed by atoms with van der Waals surface area (Å²) in [5.41, 5.74) is 3.23. The van der Waals surface area contributed by atoms with Crippen molar-refractivity contribution in [1.82, 2.24) is 15.3 Å². The molecular weight excluding hydrogens is 314 g/mol. The van der Waals surface area contributed by atoms with Gasteiger partial charge in [-0.2, -0.15) is 0 Å². The van der Waals surface area contributed by atoms with Gasteiger partial charge in [-0.05, 0) is 55.9 Å². The first-order valence-electron chi connectivity index (χ1n) is 8.75. The van der Waals surface area contributed by atoms with E-state index in [4.69, 9.17) is 0 Å². The SMILES string of the molecule is Cc1ccc(NC(=O)NCC2CCN(c3cnccn3)CC2)cc1C. The Labute approximate surface area is 148 Å². The predicted octanol–water partition coefficient (Wildman–Crippen LogP) is 3.13. The summed E-state index contributed by atoms with van der Waals surface area (Å²) < 4.78 is 0. The van der Waals surface area contributed by atoms with E-state index in [1.807, 2.05) is 25.1 Å². The summed E-state index contributed by atoms with van der Waals surface area (Å²) in [5, 5.41) is 5.90. The number of piperidine rings is 1. The number of nitrogens with zero attached hydrogens (tertiary/aromatic N) is 3. The Balaban J connectivity index is 1.42. The summed E-state index contributed by atoms with van der Waals surface area (Å²) in [6.07, 6.45) is 7.30. The van der Waals surface area contributed by atoms with Crippen molar-refractivity contribution in [2.45, 2.75) is 26.7 Å². The van der Waals surface area contributed by atoms with Crippen LogP contribution >= 0.6 is 0 Å². The molecular formula is C19H25N5O. The first-order chi connectivity index (χ1) is 12.1. The van der Waals surface area contributed by atoms with Crippen molar-refractivity contribution in [2.24, 2.45) is 5.92 Å². The third-order valence-corrected chi connectivity index (χ3v) is 4.80. The van der Waals surface area contributed by atoms with Crippen molar-refractivity contribution < 1.29 is 4.79 Å². The topological polar surface area (TPSA) is 70.2 Å². The number of urea groups is 1. The molecule has 2 N–H and O–H groups in total. The largest absolute Gasteiger partial charge is 0.355 e. The van der Waals surface area contributed by atoms with Crippen LogP contribution in [0.15, 0.2) is 36.8 Å². The van der Waals surface area contributed by atoms with Crippen molar-refractivity contribution in [3.63, 3.8) is 0 Å². The molecule has 0 spiro atoms. The molecule has 2 heterocycles. The second-order valence-electron chi connectivity index (χ2n) is 6.63. The van der Waals surface area contributed by atoms with Crippen molar-refractivity contribution in [2.75, 3.05) is 29.9 Å². The molecule has 132 valence electrons. The molecule has 0 saturated carbocycles. The van der Waals surface area contributed by atoms with Gasteiger partial charge in [-0.1, -0.05) is 6.07 Å². The van der Waals surface area contributed by atoms with Gasteiger partial charge in [0.15, 0.2) is 0 Å². The van der Waals surface area contributed by atoms with Gasteiger partial charge in [0.2, 0.25) is 0 Å². The highest BCUT2D eigenvalue weighted by Gasteiger charge is 2.20. The van der Waals surface area contributed by atoms with Gasteiger partial charge in [-0.15, -0.1) is 0 Å². The highest BCUT2D eigenvalue weighted by molar-refractivity contribution is 5.89. The number of amides is 2. The Morgan fingerprint density at radius 1 is 1.20 bits per heavy atom. The zero-order valence-corrected chi connectivity index (χ0v) is 14.8. The fraction of sp³-hybridized carbons (Fsp3) is 0.421. The van der Waals surface area contributed by atoms with Gasteiger partial charge in [-0.3, -0.25) is 4.98 Å². The zero-order valence-electron chi connectivity index (χ0n) is 14.8. The average Bonchev–Trinajstić information content (AvgIpc) is 2.64. The lowest BCUT2D eigenvalue weighted by molar-refractivity contribution is 0.248. The normalized spacial score (nSPS) is 15.0. The van der Waals surface area contributed by atoms with Gasteiger partial charge in [0.05, 0.1) is 6.20 Å². The minimum Gasteiger partial charge on any atom is -0.355 e. The molecule has 0 aliphatic carbocycles. The van der Waals surface area contributed by atoms with E-state index in [1.165, 1.54) is 11.1 Å². The molecule has 25 heavy (non-hydrogen) atoms. The monoisotopic (exact) mass is 339 g/mol. The molecule has 2 amide bonds. The Kier molecular flexibility index (Phi) is 5.48. The molecule has 3 rings (SSSR count). The lowest BCUT2D eigenvalue weighted by Gasteiger charge is -2.32. The molecule has 0 atom stereocenters. The van der Waals surface area contributed by atoms with Gasteiger partial charge in [0.1, 0.15) is 5.82 Å². The number of carbonyl (C=O) groups is 1. The third-order valence-electron chi connectivity index (χ3n) is 4.80. The van der Waals surface area contributed by atoms with Gasteiger partial charge < -0.3 is 15.5 Å². The van der Waals surface area contributed by atoms with Crippen molar-refractivity contribution >= 4 is 17.5 Å². The molecule has 1 aromatic carbocycles. The Morgan fingerprint density at radius 2 is 2.00 bits per heavy atom. The minimum absolute atomic E-state index is 0.139. The molecule has 1 fully saturated rings. The molecule has 0 unspecified atom stereocenters. The molecule has 1 aliphatic rings. The van der Waals surface area contributed by atoms with Crippen LogP contribution in [0.1, 0.15) is 24.0 Å². The summed E-state index contributed by atoms with van der Waals surface area (Å²) >= 11 is 0. The molecule has 1 aromatic heterocycles. The van der Waals surface area contributed by atoms with Crippen LogP contribution in [0.25, 0.3) is 0 Å².